The average molecular weight is 349 g/mol. The van der Waals surface area contributed by atoms with Gasteiger partial charge in [-0.25, -0.2) is 4.98 Å². The Hall–Kier alpha value is -2.66. The minimum absolute atomic E-state index is 0.0203. The Bertz CT molecular complexity index is 910. The molecule has 1 unspecified atom stereocenters. The van der Waals surface area contributed by atoms with Crippen LogP contribution in [0.15, 0.2) is 60.1 Å². The van der Waals surface area contributed by atoms with E-state index in [1.54, 1.807) is 17.4 Å². The van der Waals surface area contributed by atoms with Gasteiger partial charge >= 0.3 is 0 Å². The maximum Gasteiger partial charge on any atom is 0.247 e. The first-order chi connectivity index (χ1) is 12.2. The van der Waals surface area contributed by atoms with Crippen molar-refractivity contribution in [3.8, 4) is 0 Å². The smallest absolute Gasteiger partial charge is 0.247 e. The second-order valence-electron chi connectivity index (χ2n) is 6.10. The summed E-state index contributed by atoms with van der Waals surface area (Å²) in [6.45, 7) is 3.48. The molecule has 0 saturated heterocycles. The molecule has 25 heavy (non-hydrogen) atoms. The first-order valence-electron chi connectivity index (χ1n) is 8.33. The van der Waals surface area contributed by atoms with Crippen LogP contribution in [0.2, 0.25) is 0 Å². The summed E-state index contributed by atoms with van der Waals surface area (Å²) in [5.74, 6) is 0.0203. The largest absolute Gasteiger partial charge is 0.348 e. The summed E-state index contributed by atoms with van der Waals surface area (Å²) in [5, 5.41) is 2.97. The van der Waals surface area contributed by atoms with E-state index in [1.807, 2.05) is 47.5 Å². The number of carbonyl (C=O) groups is 1. The zero-order chi connectivity index (χ0) is 17.2. The van der Waals surface area contributed by atoms with Crippen molar-refractivity contribution in [2.24, 2.45) is 0 Å². The second-order valence-corrected chi connectivity index (χ2v) is 7.16. The predicted octanol–water partition coefficient (Wildman–Crippen LogP) is 3.90. The minimum Gasteiger partial charge on any atom is -0.348 e. The first-order valence-corrected chi connectivity index (χ1v) is 9.21. The lowest BCUT2D eigenvalue weighted by Gasteiger charge is -2.36. The molecule has 0 saturated carbocycles. The Labute approximate surface area is 151 Å². The van der Waals surface area contributed by atoms with E-state index in [0.717, 1.165) is 28.5 Å². The highest BCUT2D eigenvalue weighted by molar-refractivity contribution is 7.09. The standard InChI is InChI=1S/C20H19N3OS/c1-15-21-17(14-25-15)9-10-19(24)23-13-12-22-11-5-8-18(22)20(23)16-6-3-2-4-7-16/h2-11,14,20H,12-13H2,1H3. The molecule has 1 atom stereocenters. The molecule has 3 aromatic rings. The Balaban J connectivity index is 1.65. The lowest BCUT2D eigenvalue weighted by molar-refractivity contribution is -0.128. The second kappa shape index (κ2) is 6.69. The van der Waals surface area contributed by atoms with Gasteiger partial charge in [0.25, 0.3) is 0 Å². The van der Waals surface area contributed by atoms with Crippen LogP contribution in [0.1, 0.15) is 28.0 Å². The van der Waals surface area contributed by atoms with Crippen LogP contribution in [0, 0.1) is 6.92 Å². The lowest BCUT2D eigenvalue weighted by atomic mass is 10.00. The molecule has 5 heteroatoms. The highest BCUT2D eigenvalue weighted by Gasteiger charge is 2.30. The number of benzene rings is 1. The van der Waals surface area contributed by atoms with Gasteiger partial charge in [-0.1, -0.05) is 30.3 Å². The monoisotopic (exact) mass is 349 g/mol. The van der Waals surface area contributed by atoms with Crippen molar-refractivity contribution in [1.82, 2.24) is 14.5 Å². The number of hydrogen-bond acceptors (Lipinski definition) is 3. The number of hydrogen-bond donors (Lipinski definition) is 0. The Kier molecular flexibility index (Phi) is 4.24. The molecule has 0 bridgehead atoms. The van der Waals surface area contributed by atoms with E-state index in [0.29, 0.717) is 6.54 Å². The predicted molar refractivity (Wildman–Crippen MR) is 100 cm³/mol. The molecule has 0 fully saturated rings. The number of rotatable bonds is 3. The molecule has 2 aromatic heterocycles. The maximum absolute atomic E-state index is 12.9. The molecular formula is C20H19N3OS. The Morgan fingerprint density at radius 1 is 1.20 bits per heavy atom. The van der Waals surface area contributed by atoms with Crippen molar-refractivity contribution in [2.45, 2.75) is 19.5 Å². The first kappa shape index (κ1) is 15.8. The van der Waals surface area contributed by atoms with E-state index >= 15 is 0 Å². The number of thiazole rings is 1. The molecule has 126 valence electrons. The van der Waals surface area contributed by atoms with Crippen LogP contribution in [0.5, 0.6) is 0 Å². The van der Waals surface area contributed by atoms with Crippen LogP contribution in [-0.2, 0) is 11.3 Å². The molecule has 3 heterocycles. The highest BCUT2D eigenvalue weighted by Crippen LogP contribution is 2.32. The maximum atomic E-state index is 12.9. The number of nitrogens with zero attached hydrogens (tertiary/aromatic N) is 3. The zero-order valence-electron chi connectivity index (χ0n) is 14.0. The van der Waals surface area contributed by atoms with Crippen molar-refractivity contribution >= 4 is 23.3 Å². The highest BCUT2D eigenvalue weighted by atomic mass is 32.1. The van der Waals surface area contributed by atoms with Crippen LogP contribution < -0.4 is 0 Å². The summed E-state index contributed by atoms with van der Waals surface area (Å²) in [4.78, 5) is 19.2. The van der Waals surface area contributed by atoms with Crippen LogP contribution in [-0.4, -0.2) is 26.9 Å². The minimum atomic E-state index is -0.0562. The molecular weight excluding hydrogens is 330 g/mol. The van der Waals surface area contributed by atoms with Gasteiger partial charge in [0.15, 0.2) is 0 Å². The van der Waals surface area contributed by atoms with Gasteiger partial charge in [-0.3, -0.25) is 4.79 Å². The molecule has 1 amide bonds. The molecule has 1 aliphatic rings. The summed E-state index contributed by atoms with van der Waals surface area (Å²) in [5.41, 5.74) is 3.13. The van der Waals surface area contributed by atoms with Crippen molar-refractivity contribution in [1.29, 1.82) is 0 Å². The van der Waals surface area contributed by atoms with Gasteiger partial charge in [0.05, 0.1) is 16.7 Å². The number of aryl methyl sites for hydroxylation is 1. The number of amides is 1. The van der Waals surface area contributed by atoms with E-state index in [4.69, 9.17) is 0 Å². The number of fused-ring (bicyclic) bond motifs is 1. The molecule has 0 spiro atoms. The fourth-order valence-corrected chi connectivity index (χ4v) is 3.90. The normalized spacial score (nSPS) is 17.0. The van der Waals surface area contributed by atoms with Crippen LogP contribution in [0.3, 0.4) is 0 Å². The third kappa shape index (κ3) is 3.15. The summed E-state index contributed by atoms with van der Waals surface area (Å²) >= 11 is 1.59. The quantitative estimate of drug-likeness (QED) is 0.673. The molecule has 1 aromatic carbocycles. The summed E-state index contributed by atoms with van der Waals surface area (Å²) < 4.78 is 2.23. The lowest BCUT2D eigenvalue weighted by Crippen LogP contribution is -2.41. The van der Waals surface area contributed by atoms with E-state index < -0.39 is 0 Å². The third-order valence-electron chi connectivity index (χ3n) is 4.47. The van der Waals surface area contributed by atoms with Crippen molar-refractivity contribution in [3.05, 3.63) is 82.1 Å². The number of carbonyl (C=O) groups excluding carboxylic acids is 1. The van der Waals surface area contributed by atoms with Crippen molar-refractivity contribution in [2.75, 3.05) is 6.54 Å². The van der Waals surface area contributed by atoms with Gasteiger partial charge in [-0.15, -0.1) is 11.3 Å². The molecule has 4 nitrogen and oxygen atoms in total. The van der Waals surface area contributed by atoms with Crippen molar-refractivity contribution < 1.29 is 4.79 Å². The Morgan fingerprint density at radius 2 is 2.04 bits per heavy atom. The summed E-state index contributed by atoms with van der Waals surface area (Å²) in [6, 6.07) is 14.3. The third-order valence-corrected chi connectivity index (χ3v) is 5.26. The SMILES string of the molecule is Cc1nc(C=CC(=O)N2CCn3cccc3C2c2ccccc2)cs1. The molecule has 4 rings (SSSR count). The van der Waals surface area contributed by atoms with Gasteiger partial charge in [0.2, 0.25) is 5.91 Å². The summed E-state index contributed by atoms with van der Waals surface area (Å²) in [7, 11) is 0. The van der Waals surface area contributed by atoms with E-state index in [-0.39, 0.29) is 11.9 Å². The van der Waals surface area contributed by atoms with E-state index in [9.17, 15) is 4.79 Å². The fraction of sp³-hybridized carbons (Fsp3) is 0.200. The average Bonchev–Trinajstić information content (AvgIpc) is 3.28. The van der Waals surface area contributed by atoms with Gasteiger partial charge in [0.1, 0.15) is 0 Å². The molecule has 0 radical (unpaired) electrons. The number of aromatic nitrogens is 2. The van der Waals surface area contributed by atoms with Gasteiger partial charge in [-0.05, 0) is 30.7 Å². The van der Waals surface area contributed by atoms with E-state index in [2.05, 4.69) is 33.9 Å². The van der Waals surface area contributed by atoms with Crippen molar-refractivity contribution in [3.63, 3.8) is 0 Å². The fourth-order valence-electron chi connectivity index (χ4n) is 3.32. The topological polar surface area (TPSA) is 38.1 Å². The van der Waals surface area contributed by atoms with Crippen LogP contribution in [0.4, 0.5) is 0 Å². The van der Waals surface area contributed by atoms with E-state index in [1.165, 1.54) is 0 Å². The zero-order valence-corrected chi connectivity index (χ0v) is 14.8. The summed E-state index contributed by atoms with van der Waals surface area (Å²) in [6.07, 6.45) is 5.53. The van der Waals surface area contributed by atoms with Crippen LogP contribution >= 0.6 is 11.3 Å². The van der Waals surface area contributed by atoms with Gasteiger partial charge < -0.3 is 9.47 Å². The molecule has 0 aliphatic carbocycles. The molecule has 1 aliphatic heterocycles. The molecule has 0 N–H and O–H groups in total. The van der Waals surface area contributed by atoms with Gasteiger partial charge in [-0.2, -0.15) is 0 Å². The van der Waals surface area contributed by atoms with Crippen LogP contribution in [0.25, 0.3) is 6.08 Å². The Morgan fingerprint density at radius 3 is 2.80 bits per heavy atom. The van der Waals surface area contributed by atoms with Gasteiger partial charge in [0, 0.05) is 36.4 Å².